The molecule has 1 aromatic rings. The van der Waals surface area contributed by atoms with Crippen molar-refractivity contribution in [2.45, 2.75) is 13.1 Å². The molecule has 1 aliphatic heterocycles. The predicted molar refractivity (Wildman–Crippen MR) is 51.6 cm³/mol. The third-order valence-electron chi connectivity index (χ3n) is 2.12. The maximum atomic E-state index is 5.89. The largest absolute Gasteiger partial charge is 0.298 e. The van der Waals surface area contributed by atoms with Crippen molar-refractivity contribution in [2.24, 2.45) is 0 Å². The van der Waals surface area contributed by atoms with Gasteiger partial charge in [-0.3, -0.25) is 4.90 Å². The molecule has 0 fully saturated rings. The van der Waals surface area contributed by atoms with Crippen molar-refractivity contribution in [3.05, 3.63) is 33.3 Å². The number of nitrogens with zero attached hydrogens (tertiary/aromatic N) is 1. The van der Waals surface area contributed by atoms with Gasteiger partial charge in [-0.1, -0.05) is 23.2 Å². The highest BCUT2D eigenvalue weighted by Gasteiger charge is 2.16. The fraction of sp³-hybridized carbons (Fsp3) is 0.333. The average Bonchev–Trinajstić information content (AvgIpc) is 2.30. The zero-order valence-corrected chi connectivity index (χ0v) is 8.28. The molecule has 1 aliphatic rings. The molecule has 3 heteroatoms. The van der Waals surface area contributed by atoms with Crippen molar-refractivity contribution >= 4 is 23.2 Å². The molecule has 0 unspecified atom stereocenters. The zero-order chi connectivity index (χ0) is 8.72. The lowest BCUT2D eigenvalue weighted by Crippen LogP contribution is -2.07. The molecule has 1 nitrogen and oxygen atoms in total. The topological polar surface area (TPSA) is 3.24 Å². The molecular formula is C9H9Cl2N. The minimum absolute atomic E-state index is 0.658. The van der Waals surface area contributed by atoms with Crippen LogP contribution in [0, 0.1) is 0 Å². The third kappa shape index (κ3) is 1.33. The molecule has 0 spiro atoms. The Balaban J connectivity index is 2.48. The lowest BCUT2D eigenvalue weighted by molar-refractivity contribution is 0.353. The van der Waals surface area contributed by atoms with E-state index in [2.05, 4.69) is 11.9 Å². The SMILES string of the molecule is CN1Cc2cc(Cl)c(Cl)cc2C1. The van der Waals surface area contributed by atoms with Crippen LogP contribution in [0.2, 0.25) is 10.0 Å². The Bertz CT molecular complexity index is 292. The van der Waals surface area contributed by atoms with E-state index in [9.17, 15) is 0 Å². The summed E-state index contributed by atoms with van der Waals surface area (Å²) in [5, 5.41) is 1.32. The Morgan fingerprint density at radius 3 is 1.92 bits per heavy atom. The van der Waals surface area contributed by atoms with Gasteiger partial charge in [-0.2, -0.15) is 0 Å². The number of hydrogen-bond acceptors (Lipinski definition) is 1. The van der Waals surface area contributed by atoms with Crippen LogP contribution in [0.1, 0.15) is 11.1 Å². The van der Waals surface area contributed by atoms with Crippen molar-refractivity contribution < 1.29 is 0 Å². The molecule has 0 radical (unpaired) electrons. The van der Waals surface area contributed by atoms with E-state index in [0.717, 1.165) is 13.1 Å². The molecule has 0 aliphatic carbocycles. The third-order valence-corrected chi connectivity index (χ3v) is 2.85. The van der Waals surface area contributed by atoms with Gasteiger partial charge < -0.3 is 0 Å². The van der Waals surface area contributed by atoms with Crippen molar-refractivity contribution in [3.8, 4) is 0 Å². The number of fused-ring (bicyclic) bond motifs is 1. The number of benzene rings is 1. The van der Waals surface area contributed by atoms with Gasteiger partial charge in [0.2, 0.25) is 0 Å². The van der Waals surface area contributed by atoms with Crippen LogP contribution < -0.4 is 0 Å². The Labute approximate surface area is 81.9 Å². The molecule has 0 saturated carbocycles. The van der Waals surface area contributed by atoms with Crippen LogP contribution in [0.4, 0.5) is 0 Å². The van der Waals surface area contributed by atoms with E-state index in [1.165, 1.54) is 11.1 Å². The minimum atomic E-state index is 0.658. The summed E-state index contributed by atoms with van der Waals surface area (Å²) in [6.07, 6.45) is 0. The van der Waals surface area contributed by atoms with Gasteiger partial charge in [0, 0.05) is 13.1 Å². The van der Waals surface area contributed by atoms with Gasteiger partial charge in [-0.15, -0.1) is 0 Å². The fourth-order valence-corrected chi connectivity index (χ4v) is 1.93. The molecule has 0 bridgehead atoms. The monoisotopic (exact) mass is 201 g/mol. The Morgan fingerprint density at radius 1 is 1.08 bits per heavy atom. The molecule has 0 aromatic heterocycles. The molecule has 64 valence electrons. The minimum Gasteiger partial charge on any atom is -0.298 e. The molecule has 1 heterocycles. The van der Waals surface area contributed by atoms with Gasteiger partial charge in [-0.25, -0.2) is 0 Å². The van der Waals surface area contributed by atoms with Crippen molar-refractivity contribution in [2.75, 3.05) is 7.05 Å². The first-order valence-corrected chi connectivity index (χ1v) is 4.58. The quantitative estimate of drug-likeness (QED) is 0.625. The van der Waals surface area contributed by atoms with Gasteiger partial charge in [0.1, 0.15) is 0 Å². The lowest BCUT2D eigenvalue weighted by atomic mass is 10.1. The second-order valence-electron chi connectivity index (χ2n) is 3.21. The highest BCUT2D eigenvalue weighted by Crippen LogP contribution is 2.30. The first-order chi connectivity index (χ1) is 5.66. The van der Waals surface area contributed by atoms with E-state index in [1.807, 2.05) is 12.1 Å². The van der Waals surface area contributed by atoms with Crippen LogP contribution in [-0.4, -0.2) is 11.9 Å². The van der Waals surface area contributed by atoms with Crippen LogP contribution in [0.3, 0.4) is 0 Å². The van der Waals surface area contributed by atoms with Crippen molar-refractivity contribution in [1.29, 1.82) is 0 Å². The fourth-order valence-electron chi connectivity index (χ4n) is 1.56. The van der Waals surface area contributed by atoms with Crippen molar-refractivity contribution in [3.63, 3.8) is 0 Å². The van der Waals surface area contributed by atoms with Crippen LogP contribution in [0.15, 0.2) is 12.1 Å². The van der Waals surface area contributed by atoms with Gasteiger partial charge in [0.05, 0.1) is 10.0 Å². The molecule has 12 heavy (non-hydrogen) atoms. The summed E-state index contributed by atoms with van der Waals surface area (Å²) >= 11 is 11.8. The van der Waals surface area contributed by atoms with E-state index in [1.54, 1.807) is 0 Å². The first-order valence-electron chi connectivity index (χ1n) is 3.82. The maximum absolute atomic E-state index is 5.89. The van der Waals surface area contributed by atoms with Crippen LogP contribution in [-0.2, 0) is 13.1 Å². The number of hydrogen-bond donors (Lipinski definition) is 0. The zero-order valence-electron chi connectivity index (χ0n) is 6.77. The lowest BCUT2D eigenvalue weighted by Gasteiger charge is -2.02. The Hall–Kier alpha value is -0.240. The highest BCUT2D eigenvalue weighted by atomic mass is 35.5. The van der Waals surface area contributed by atoms with E-state index in [0.29, 0.717) is 10.0 Å². The van der Waals surface area contributed by atoms with E-state index >= 15 is 0 Å². The molecule has 0 atom stereocenters. The molecule has 0 amide bonds. The van der Waals surface area contributed by atoms with E-state index in [-0.39, 0.29) is 0 Å². The van der Waals surface area contributed by atoms with Gasteiger partial charge in [0.15, 0.2) is 0 Å². The van der Waals surface area contributed by atoms with E-state index in [4.69, 9.17) is 23.2 Å². The van der Waals surface area contributed by atoms with Gasteiger partial charge in [0.25, 0.3) is 0 Å². The summed E-state index contributed by atoms with van der Waals surface area (Å²) in [6.45, 7) is 1.96. The number of rotatable bonds is 0. The highest BCUT2D eigenvalue weighted by molar-refractivity contribution is 6.42. The molecule has 2 rings (SSSR count). The number of halogens is 2. The Morgan fingerprint density at radius 2 is 1.50 bits per heavy atom. The molecular weight excluding hydrogens is 193 g/mol. The van der Waals surface area contributed by atoms with Crippen molar-refractivity contribution in [1.82, 2.24) is 4.90 Å². The second kappa shape index (κ2) is 2.91. The average molecular weight is 202 g/mol. The molecule has 0 N–H and O–H groups in total. The smallest absolute Gasteiger partial charge is 0.0595 e. The van der Waals surface area contributed by atoms with Crippen LogP contribution >= 0.6 is 23.2 Å². The molecule has 1 aromatic carbocycles. The normalized spacial score (nSPS) is 16.6. The summed E-state index contributed by atoms with van der Waals surface area (Å²) in [6, 6.07) is 3.92. The standard InChI is InChI=1S/C9H9Cl2N/c1-12-4-6-2-8(10)9(11)3-7(6)5-12/h2-3H,4-5H2,1H3. The van der Waals surface area contributed by atoms with Crippen LogP contribution in [0.5, 0.6) is 0 Å². The van der Waals surface area contributed by atoms with Crippen LogP contribution in [0.25, 0.3) is 0 Å². The van der Waals surface area contributed by atoms with Gasteiger partial charge >= 0.3 is 0 Å². The summed E-state index contributed by atoms with van der Waals surface area (Å²) in [7, 11) is 2.09. The van der Waals surface area contributed by atoms with E-state index < -0.39 is 0 Å². The predicted octanol–water partition coefficient (Wildman–Crippen LogP) is 2.94. The molecule has 0 saturated heterocycles. The maximum Gasteiger partial charge on any atom is 0.0595 e. The first kappa shape index (κ1) is 8.36. The summed E-state index contributed by atoms with van der Waals surface area (Å²) in [4.78, 5) is 2.23. The second-order valence-corrected chi connectivity index (χ2v) is 4.02. The van der Waals surface area contributed by atoms with Gasteiger partial charge in [-0.05, 0) is 30.3 Å². The summed E-state index contributed by atoms with van der Waals surface area (Å²) in [5.41, 5.74) is 2.60. The Kier molecular flexibility index (Phi) is 2.03. The summed E-state index contributed by atoms with van der Waals surface area (Å²) < 4.78 is 0. The summed E-state index contributed by atoms with van der Waals surface area (Å²) in [5.74, 6) is 0.